The second-order valence-corrected chi connectivity index (χ2v) is 7.95. The van der Waals surface area contributed by atoms with Crippen LogP contribution in [0.5, 0.6) is 0 Å². The molecule has 1 heteroatoms. The summed E-state index contributed by atoms with van der Waals surface area (Å²) in [5.41, 5.74) is 2.50. The number of hydrogen-bond donors (Lipinski definition) is 1. The fourth-order valence-electron chi connectivity index (χ4n) is 3.56. The van der Waals surface area contributed by atoms with Gasteiger partial charge in [0, 0.05) is 6.42 Å². The maximum atomic E-state index is 11.0. The van der Waals surface area contributed by atoms with Crippen LogP contribution in [-0.4, -0.2) is 10.7 Å². The van der Waals surface area contributed by atoms with Crippen LogP contribution in [0.4, 0.5) is 0 Å². The van der Waals surface area contributed by atoms with Gasteiger partial charge in [-0.3, -0.25) is 0 Å². The summed E-state index contributed by atoms with van der Waals surface area (Å²) >= 11 is 0. The minimum atomic E-state index is -0.519. The molecular weight excluding hydrogens is 244 g/mol. The third-order valence-electron chi connectivity index (χ3n) is 5.17. The van der Waals surface area contributed by atoms with Gasteiger partial charge in [0.15, 0.2) is 0 Å². The Hall–Kier alpha value is -0.820. The van der Waals surface area contributed by atoms with Crippen LogP contribution in [-0.2, 0) is 6.42 Å². The summed E-state index contributed by atoms with van der Waals surface area (Å²) in [6.45, 7) is 11.3. The monoisotopic (exact) mass is 274 g/mol. The Kier molecular flexibility index (Phi) is 4.30. The van der Waals surface area contributed by atoms with Crippen molar-refractivity contribution in [3.63, 3.8) is 0 Å². The summed E-state index contributed by atoms with van der Waals surface area (Å²) in [6.07, 6.45) is 3.96. The van der Waals surface area contributed by atoms with Crippen molar-refractivity contribution in [2.75, 3.05) is 0 Å². The quantitative estimate of drug-likeness (QED) is 0.828. The molecule has 1 N–H and O–H groups in total. The second-order valence-electron chi connectivity index (χ2n) is 7.95. The molecule has 2 rings (SSSR count). The van der Waals surface area contributed by atoms with E-state index in [0.717, 1.165) is 25.7 Å². The van der Waals surface area contributed by atoms with Crippen molar-refractivity contribution < 1.29 is 5.11 Å². The van der Waals surface area contributed by atoms with Crippen LogP contribution in [0.2, 0.25) is 0 Å². The van der Waals surface area contributed by atoms with E-state index < -0.39 is 5.60 Å². The summed E-state index contributed by atoms with van der Waals surface area (Å²) in [5.74, 6) is 0.942. The van der Waals surface area contributed by atoms with Crippen LogP contribution >= 0.6 is 0 Å². The van der Waals surface area contributed by atoms with Crippen molar-refractivity contribution in [2.24, 2.45) is 11.3 Å². The number of benzene rings is 1. The first-order valence-electron chi connectivity index (χ1n) is 8.03. The van der Waals surface area contributed by atoms with E-state index in [0.29, 0.717) is 17.3 Å². The standard InChI is InChI=1S/C19H30O/c1-14(2)17-8-6-16(7-9-17)13-19(20)11-10-18(4,5)12-15(19)3/h6-9,14-15,20H,10-13H2,1-5H3. The third kappa shape index (κ3) is 3.44. The number of hydrogen-bond acceptors (Lipinski definition) is 1. The Balaban J connectivity index is 2.08. The van der Waals surface area contributed by atoms with Crippen LogP contribution in [0, 0.1) is 11.3 Å². The van der Waals surface area contributed by atoms with Gasteiger partial charge in [-0.05, 0) is 47.6 Å². The lowest BCUT2D eigenvalue weighted by Crippen LogP contribution is -2.45. The smallest absolute Gasteiger partial charge is 0.0713 e. The Morgan fingerprint density at radius 2 is 1.75 bits per heavy atom. The Labute approximate surface area is 124 Å². The zero-order valence-electron chi connectivity index (χ0n) is 13.7. The summed E-state index contributed by atoms with van der Waals surface area (Å²) in [6, 6.07) is 8.81. The molecule has 0 aromatic heterocycles. The summed E-state index contributed by atoms with van der Waals surface area (Å²) in [5, 5.41) is 11.0. The number of rotatable bonds is 3. The average Bonchev–Trinajstić information content (AvgIpc) is 2.35. The highest BCUT2D eigenvalue weighted by Crippen LogP contribution is 2.45. The van der Waals surface area contributed by atoms with Crippen molar-refractivity contribution in [2.45, 2.75) is 71.8 Å². The maximum absolute atomic E-state index is 11.0. The second kappa shape index (κ2) is 5.52. The lowest BCUT2D eigenvalue weighted by molar-refractivity contribution is -0.0704. The van der Waals surface area contributed by atoms with Gasteiger partial charge >= 0.3 is 0 Å². The largest absolute Gasteiger partial charge is 0.389 e. The van der Waals surface area contributed by atoms with Gasteiger partial charge in [-0.2, -0.15) is 0 Å². The molecule has 0 aliphatic heterocycles. The SMILES string of the molecule is CC(C)c1ccc(CC2(O)CCC(C)(C)CC2C)cc1. The normalized spacial score (nSPS) is 29.6. The average molecular weight is 274 g/mol. The molecule has 20 heavy (non-hydrogen) atoms. The van der Waals surface area contributed by atoms with Crippen LogP contribution in [0.25, 0.3) is 0 Å². The van der Waals surface area contributed by atoms with Gasteiger partial charge in [0.2, 0.25) is 0 Å². The highest BCUT2D eigenvalue weighted by molar-refractivity contribution is 5.26. The van der Waals surface area contributed by atoms with Crippen LogP contribution < -0.4 is 0 Å². The predicted molar refractivity (Wildman–Crippen MR) is 86.0 cm³/mol. The topological polar surface area (TPSA) is 20.2 Å². The van der Waals surface area contributed by atoms with Crippen molar-refractivity contribution >= 4 is 0 Å². The molecule has 0 bridgehead atoms. The van der Waals surface area contributed by atoms with Crippen LogP contribution in [0.3, 0.4) is 0 Å². The van der Waals surface area contributed by atoms with Crippen LogP contribution in [0.15, 0.2) is 24.3 Å². The molecule has 2 unspecified atom stereocenters. The van der Waals surface area contributed by atoms with Gasteiger partial charge in [-0.15, -0.1) is 0 Å². The van der Waals surface area contributed by atoms with Crippen LogP contribution in [0.1, 0.15) is 70.9 Å². The molecule has 1 nitrogen and oxygen atoms in total. The molecule has 0 amide bonds. The first-order chi connectivity index (χ1) is 9.22. The Morgan fingerprint density at radius 1 is 1.15 bits per heavy atom. The molecule has 1 saturated carbocycles. The minimum Gasteiger partial charge on any atom is -0.389 e. The van der Waals surface area contributed by atoms with E-state index in [1.165, 1.54) is 11.1 Å². The van der Waals surface area contributed by atoms with E-state index >= 15 is 0 Å². The van der Waals surface area contributed by atoms with E-state index in [2.05, 4.69) is 58.9 Å². The zero-order valence-corrected chi connectivity index (χ0v) is 13.7. The van der Waals surface area contributed by atoms with E-state index in [1.54, 1.807) is 0 Å². The van der Waals surface area contributed by atoms with E-state index in [9.17, 15) is 5.11 Å². The molecule has 0 heterocycles. The van der Waals surface area contributed by atoms with Crippen molar-refractivity contribution in [3.05, 3.63) is 35.4 Å². The highest BCUT2D eigenvalue weighted by Gasteiger charge is 2.42. The van der Waals surface area contributed by atoms with Gasteiger partial charge < -0.3 is 5.11 Å². The molecule has 112 valence electrons. The molecule has 1 aromatic rings. The van der Waals surface area contributed by atoms with Crippen molar-refractivity contribution in [1.82, 2.24) is 0 Å². The van der Waals surface area contributed by atoms with E-state index in [-0.39, 0.29) is 0 Å². The van der Waals surface area contributed by atoms with E-state index in [4.69, 9.17) is 0 Å². The zero-order chi connectivity index (χ0) is 15.0. The fourth-order valence-corrected chi connectivity index (χ4v) is 3.56. The van der Waals surface area contributed by atoms with Crippen molar-refractivity contribution in [1.29, 1.82) is 0 Å². The Bertz CT molecular complexity index is 443. The lowest BCUT2D eigenvalue weighted by atomic mass is 9.64. The van der Waals surface area contributed by atoms with Gasteiger partial charge in [0.1, 0.15) is 0 Å². The third-order valence-corrected chi connectivity index (χ3v) is 5.17. The summed E-state index contributed by atoms with van der Waals surface area (Å²) in [7, 11) is 0. The molecule has 1 aromatic carbocycles. The van der Waals surface area contributed by atoms with Crippen molar-refractivity contribution in [3.8, 4) is 0 Å². The lowest BCUT2D eigenvalue weighted by Gasteiger charge is -2.45. The minimum absolute atomic E-state index is 0.371. The number of aliphatic hydroxyl groups is 1. The molecular formula is C19H30O. The molecule has 1 aliphatic rings. The summed E-state index contributed by atoms with van der Waals surface area (Å²) < 4.78 is 0. The molecule has 2 atom stereocenters. The van der Waals surface area contributed by atoms with E-state index in [1.807, 2.05) is 0 Å². The summed E-state index contributed by atoms with van der Waals surface area (Å²) in [4.78, 5) is 0. The molecule has 0 radical (unpaired) electrons. The fraction of sp³-hybridized carbons (Fsp3) is 0.684. The predicted octanol–water partition coefficient (Wildman–Crippen LogP) is 4.93. The molecule has 0 saturated heterocycles. The van der Waals surface area contributed by atoms with Gasteiger partial charge in [0.25, 0.3) is 0 Å². The van der Waals surface area contributed by atoms with Gasteiger partial charge in [-0.25, -0.2) is 0 Å². The molecule has 0 spiro atoms. The maximum Gasteiger partial charge on any atom is 0.0713 e. The van der Waals surface area contributed by atoms with Gasteiger partial charge in [-0.1, -0.05) is 58.9 Å². The Morgan fingerprint density at radius 3 is 2.25 bits per heavy atom. The molecule has 1 fully saturated rings. The highest BCUT2D eigenvalue weighted by atomic mass is 16.3. The first kappa shape index (κ1) is 15.6. The first-order valence-corrected chi connectivity index (χ1v) is 8.03. The van der Waals surface area contributed by atoms with Gasteiger partial charge in [0.05, 0.1) is 5.60 Å². The molecule has 1 aliphatic carbocycles.